The molecule has 26 heavy (non-hydrogen) atoms. The lowest BCUT2D eigenvalue weighted by Crippen LogP contribution is -2.38. The smallest absolute Gasteiger partial charge is 0.0631 e. The summed E-state index contributed by atoms with van der Waals surface area (Å²) in [5.41, 5.74) is 11.0. The first-order valence-corrected chi connectivity index (χ1v) is 9.53. The Hall–Kier alpha value is -2.19. The van der Waals surface area contributed by atoms with E-state index in [4.69, 9.17) is 0 Å². The molecule has 0 radical (unpaired) electrons. The van der Waals surface area contributed by atoms with Crippen molar-refractivity contribution in [1.29, 1.82) is 0 Å². The number of hydrogen-bond donors (Lipinski definition) is 1. The number of fused-ring (bicyclic) bond motifs is 3. The number of allylic oxidation sites excluding steroid dienone is 5. The average Bonchev–Trinajstić information content (AvgIpc) is 2.60. The lowest BCUT2D eigenvalue weighted by atomic mass is 9.83. The maximum absolute atomic E-state index is 4.49. The van der Waals surface area contributed by atoms with E-state index in [1.165, 1.54) is 33.5 Å². The number of hydrogen-bond acceptors (Lipinski definition) is 2. The van der Waals surface area contributed by atoms with Gasteiger partial charge in [0.15, 0.2) is 0 Å². The third-order valence-corrected chi connectivity index (χ3v) is 5.60. The highest BCUT2D eigenvalue weighted by Crippen LogP contribution is 2.41. The number of thiol groups is 1. The van der Waals surface area contributed by atoms with Crippen molar-refractivity contribution in [3.05, 3.63) is 99.7 Å². The summed E-state index contributed by atoms with van der Waals surface area (Å²) < 4.78 is 0. The summed E-state index contributed by atoms with van der Waals surface area (Å²) in [5, 5.41) is 1.92. The summed E-state index contributed by atoms with van der Waals surface area (Å²) >= 11 is 4.49. The molecule has 0 saturated carbocycles. The monoisotopic (exact) mass is 361 g/mol. The lowest BCUT2D eigenvalue weighted by Gasteiger charge is -2.42. The fraction of sp³-hybridized carbons (Fsp3) is 0.250. The van der Waals surface area contributed by atoms with Crippen LogP contribution in [-0.2, 0) is 6.42 Å². The van der Waals surface area contributed by atoms with Crippen molar-refractivity contribution in [2.24, 2.45) is 0 Å². The maximum atomic E-state index is 4.49. The summed E-state index contributed by atoms with van der Waals surface area (Å²) in [6.45, 7) is 16.9. The van der Waals surface area contributed by atoms with Gasteiger partial charge in [0.2, 0.25) is 0 Å². The second kappa shape index (κ2) is 7.20. The van der Waals surface area contributed by atoms with E-state index >= 15 is 0 Å². The van der Waals surface area contributed by atoms with Gasteiger partial charge in [0.05, 0.1) is 6.04 Å². The topological polar surface area (TPSA) is 3.24 Å². The van der Waals surface area contributed by atoms with Gasteiger partial charge < -0.3 is 4.90 Å². The zero-order chi connectivity index (χ0) is 19.0. The van der Waals surface area contributed by atoms with Crippen LogP contribution < -0.4 is 0 Å². The van der Waals surface area contributed by atoms with E-state index in [2.05, 4.69) is 81.1 Å². The second-order valence-electron chi connectivity index (χ2n) is 7.23. The molecule has 0 spiro atoms. The first-order chi connectivity index (χ1) is 12.4. The molecular weight excluding hydrogens is 334 g/mol. The van der Waals surface area contributed by atoms with Crippen molar-refractivity contribution >= 4 is 18.3 Å². The quantitative estimate of drug-likeness (QED) is 0.489. The Labute approximate surface area is 163 Å². The van der Waals surface area contributed by atoms with Crippen molar-refractivity contribution in [2.75, 3.05) is 0 Å². The van der Waals surface area contributed by atoms with Gasteiger partial charge in [-0.2, -0.15) is 12.6 Å². The van der Waals surface area contributed by atoms with Gasteiger partial charge in [-0.05, 0) is 90.6 Å². The standard InChI is InChI=1S/C24H27NS/c1-7-8-19(14-26)23-12-20-9-16(4)17(5)10-21(20)24-11-18(6)22(15(2)3)13-25(23)24/h7-11,13-14,23,26H,2,6,12H2,1,3-5H3/b8-7-,19-14+. The summed E-state index contributed by atoms with van der Waals surface area (Å²) in [4.78, 5) is 2.37. The van der Waals surface area contributed by atoms with Crippen LogP contribution in [0.25, 0.3) is 5.70 Å². The summed E-state index contributed by atoms with van der Waals surface area (Å²) in [7, 11) is 0. The first kappa shape index (κ1) is 18.6. The van der Waals surface area contributed by atoms with Crippen LogP contribution in [-0.4, -0.2) is 10.9 Å². The van der Waals surface area contributed by atoms with Gasteiger partial charge in [-0.15, -0.1) is 0 Å². The summed E-state index contributed by atoms with van der Waals surface area (Å²) in [6.07, 6.45) is 9.60. The Morgan fingerprint density at radius 1 is 1.27 bits per heavy atom. The molecule has 134 valence electrons. The van der Waals surface area contributed by atoms with Gasteiger partial charge >= 0.3 is 0 Å². The molecule has 1 aromatic carbocycles. The van der Waals surface area contributed by atoms with Gasteiger partial charge in [0.25, 0.3) is 0 Å². The largest absolute Gasteiger partial charge is 0.339 e. The van der Waals surface area contributed by atoms with E-state index in [9.17, 15) is 0 Å². The maximum Gasteiger partial charge on any atom is 0.0631 e. The Morgan fingerprint density at radius 2 is 1.96 bits per heavy atom. The SMILES string of the molecule is C=C(C)C1=CN2C(=CC1=C)c1cc(C)c(C)cc1CC2C(/C=C\C)=C/S. The molecule has 0 N–H and O–H groups in total. The van der Waals surface area contributed by atoms with Crippen molar-refractivity contribution < 1.29 is 0 Å². The first-order valence-electron chi connectivity index (χ1n) is 9.01. The van der Waals surface area contributed by atoms with Crippen LogP contribution in [0.2, 0.25) is 0 Å². The minimum absolute atomic E-state index is 0.215. The molecule has 0 aromatic heterocycles. The zero-order valence-corrected chi connectivity index (χ0v) is 17.0. The summed E-state index contributed by atoms with van der Waals surface area (Å²) in [6, 6.07) is 4.86. The Kier molecular flexibility index (Phi) is 5.15. The molecule has 2 heteroatoms. The minimum atomic E-state index is 0.215. The molecule has 0 bridgehead atoms. The Morgan fingerprint density at radius 3 is 2.58 bits per heavy atom. The normalized spacial score (nSPS) is 19.9. The number of benzene rings is 1. The molecule has 1 unspecified atom stereocenters. The Balaban J connectivity index is 2.23. The van der Waals surface area contributed by atoms with Crippen molar-refractivity contribution in [2.45, 2.75) is 40.2 Å². The van der Waals surface area contributed by atoms with Crippen LogP contribution in [0, 0.1) is 13.8 Å². The number of rotatable bonds is 3. The molecule has 0 amide bonds. The van der Waals surface area contributed by atoms with Gasteiger partial charge in [0.1, 0.15) is 0 Å². The lowest BCUT2D eigenvalue weighted by molar-refractivity contribution is 0.412. The zero-order valence-electron chi connectivity index (χ0n) is 16.1. The highest BCUT2D eigenvalue weighted by molar-refractivity contribution is 7.83. The number of nitrogens with zero attached hydrogens (tertiary/aromatic N) is 1. The highest BCUT2D eigenvalue weighted by atomic mass is 32.1. The molecule has 1 nitrogen and oxygen atoms in total. The van der Waals surface area contributed by atoms with Crippen molar-refractivity contribution in [3.8, 4) is 0 Å². The van der Waals surface area contributed by atoms with E-state index in [1.54, 1.807) is 0 Å². The molecule has 0 saturated heterocycles. The average molecular weight is 362 g/mol. The van der Waals surface area contributed by atoms with E-state index in [1.807, 2.05) is 19.3 Å². The molecule has 1 aromatic rings. The third kappa shape index (κ3) is 3.14. The van der Waals surface area contributed by atoms with E-state index in [0.717, 1.165) is 23.1 Å². The van der Waals surface area contributed by atoms with Crippen molar-refractivity contribution in [1.82, 2.24) is 4.90 Å². The van der Waals surface area contributed by atoms with Crippen LogP contribution in [0.15, 0.2) is 77.4 Å². The molecule has 2 aliphatic heterocycles. The van der Waals surface area contributed by atoms with Gasteiger partial charge in [-0.25, -0.2) is 0 Å². The van der Waals surface area contributed by atoms with Crippen LogP contribution in [0.1, 0.15) is 36.1 Å². The molecule has 3 rings (SSSR count). The minimum Gasteiger partial charge on any atom is -0.339 e. The van der Waals surface area contributed by atoms with E-state index in [-0.39, 0.29) is 6.04 Å². The van der Waals surface area contributed by atoms with E-state index < -0.39 is 0 Å². The van der Waals surface area contributed by atoms with Crippen LogP contribution in [0.3, 0.4) is 0 Å². The van der Waals surface area contributed by atoms with Crippen LogP contribution >= 0.6 is 12.6 Å². The summed E-state index contributed by atoms with van der Waals surface area (Å²) in [5.74, 6) is 0. The van der Waals surface area contributed by atoms with E-state index in [0.29, 0.717) is 0 Å². The molecule has 2 aliphatic rings. The number of aryl methyl sites for hydroxylation is 2. The molecule has 2 heterocycles. The van der Waals surface area contributed by atoms with Crippen LogP contribution in [0.4, 0.5) is 0 Å². The molecule has 0 aliphatic carbocycles. The van der Waals surface area contributed by atoms with Gasteiger partial charge in [-0.1, -0.05) is 31.4 Å². The fourth-order valence-electron chi connectivity index (χ4n) is 3.77. The van der Waals surface area contributed by atoms with Gasteiger partial charge in [0, 0.05) is 17.5 Å². The predicted molar refractivity (Wildman–Crippen MR) is 117 cm³/mol. The fourth-order valence-corrected chi connectivity index (χ4v) is 4.03. The molecule has 0 fully saturated rings. The third-order valence-electron chi connectivity index (χ3n) is 5.30. The van der Waals surface area contributed by atoms with Gasteiger partial charge in [-0.3, -0.25) is 0 Å². The van der Waals surface area contributed by atoms with Crippen molar-refractivity contribution in [3.63, 3.8) is 0 Å². The van der Waals surface area contributed by atoms with Crippen LogP contribution in [0.5, 0.6) is 0 Å². The highest BCUT2D eigenvalue weighted by Gasteiger charge is 2.33. The Bertz CT molecular complexity index is 908. The second-order valence-corrected chi connectivity index (χ2v) is 7.49. The molecule has 1 atom stereocenters. The molecular formula is C24H27NS. The predicted octanol–water partition coefficient (Wildman–Crippen LogP) is 6.29.